The summed E-state index contributed by atoms with van der Waals surface area (Å²) in [5.41, 5.74) is 0. The molecule has 0 N–H and O–H groups in total. The average molecular weight is 320 g/mol. The Morgan fingerprint density at radius 1 is 0.733 bits per heavy atom. The zero-order valence-electron chi connectivity index (χ0n) is 6.71. The van der Waals surface area contributed by atoms with Gasteiger partial charge in [0.2, 0.25) is 0 Å². The third-order valence-corrected chi connectivity index (χ3v) is 3.60. The van der Waals surface area contributed by atoms with E-state index in [1.807, 2.05) is 0 Å². The van der Waals surface area contributed by atoms with Crippen molar-refractivity contribution >= 4 is 78.6 Å². The van der Waals surface area contributed by atoms with Gasteiger partial charge >= 0.3 is 55.1 Å². The molecule has 0 aliphatic heterocycles. The summed E-state index contributed by atoms with van der Waals surface area (Å²) >= 11 is 0. The normalized spacial score (nSPS) is 12.6. The third-order valence-electron chi connectivity index (χ3n) is 0.400. The van der Waals surface area contributed by atoms with Gasteiger partial charge in [-0.2, -0.15) is 0 Å². The second kappa shape index (κ2) is 7.60. The minimum absolute atomic E-state index is 0. The number of rotatable bonds is 4. The van der Waals surface area contributed by atoms with Crippen molar-refractivity contribution in [1.29, 1.82) is 0 Å². The van der Waals surface area contributed by atoms with Crippen LogP contribution in [0.2, 0.25) is 0 Å². The number of phosphoric acid groups is 3. The fourth-order valence-corrected chi connectivity index (χ4v) is 2.61. The zero-order chi connectivity index (χ0) is 10.9. The van der Waals surface area contributed by atoms with Crippen LogP contribution in [-0.4, -0.2) is 55.1 Å². The van der Waals surface area contributed by atoms with Gasteiger partial charge in [0.05, 0.1) is 15.6 Å². The first-order chi connectivity index (χ1) is 5.41. The minimum atomic E-state index is -5.97. The van der Waals surface area contributed by atoms with Crippen molar-refractivity contribution in [3.05, 3.63) is 0 Å². The Morgan fingerprint density at radius 2 is 0.933 bits per heavy atom. The molecule has 0 fully saturated rings. The van der Waals surface area contributed by atoms with Crippen molar-refractivity contribution in [2.75, 3.05) is 0 Å². The average Bonchev–Trinajstić information content (AvgIpc) is 1.43. The summed E-state index contributed by atoms with van der Waals surface area (Å²) in [5, 5.41) is 0. The van der Waals surface area contributed by atoms with Gasteiger partial charge in [-0.25, -0.2) is 0 Å². The molecule has 0 aliphatic carbocycles. The molecule has 0 aromatic carbocycles. The fraction of sp³-hybridized carbons (Fsp3) is 0. The Labute approximate surface area is 124 Å². The summed E-state index contributed by atoms with van der Waals surface area (Å²) in [6.07, 6.45) is 0. The quantitative estimate of drug-likeness (QED) is 0.360. The topological polar surface area (TPSA) is 185 Å². The minimum Gasteiger partial charge on any atom is -0.790 e. The molecule has 0 atom stereocenters. The number of hydrogen-bond donors (Lipinski definition) is 0. The zero-order valence-corrected chi connectivity index (χ0v) is 12.8. The van der Waals surface area contributed by atoms with E-state index in [4.69, 9.17) is 0 Å². The molecule has 0 rings (SSSR count). The molecular weight excluding hydrogens is 320 g/mol. The maximum atomic E-state index is 10.1. The fourth-order valence-electron chi connectivity index (χ4n) is 0.260. The van der Waals surface area contributed by atoms with Crippen molar-refractivity contribution < 1.29 is 46.8 Å². The molecule has 0 bridgehead atoms. The predicted octanol–water partition coefficient (Wildman–Crippen LogP) is -4.62. The van der Waals surface area contributed by atoms with Crippen LogP contribution >= 0.6 is 23.5 Å². The van der Waals surface area contributed by atoms with Crippen molar-refractivity contribution in [2.45, 2.75) is 0 Å². The predicted molar refractivity (Wildman–Crippen MR) is 36.5 cm³/mol. The summed E-state index contributed by atoms with van der Waals surface area (Å²) in [4.78, 5) is 48.6. The van der Waals surface area contributed by atoms with Gasteiger partial charge in [-0.3, -0.25) is 13.2 Å². The van der Waals surface area contributed by atoms with E-state index < -0.39 is 23.5 Å². The van der Waals surface area contributed by atoms with E-state index >= 15 is 0 Å². The maximum Gasteiger partial charge on any atom is 3.00 e. The van der Waals surface area contributed by atoms with E-state index in [2.05, 4.69) is 8.62 Å². The van der Waals surface area contributed by atoms with Crippen molar-refractivity contribution in [2.24, 2.45) is 0 Å². The Balaban J connectivity index is -0.000000720. The van der Waals surface area contributed by atoms with E-state index in [-0.39, 0.29) is 55.1 Å². The van der Waals surface area contributed by atoms with Gasteiger partial charge in [-0.1, -0.05) is 0 Å². The van der Waals surface area contributed by atoms with E-state index in [0.29, 0.717) is 0 Å². The monoisotopic (exact) mass is 320 g/mol. The molecule has 0 saturated carbocycles. The molecule has 15 heteroatoms. The van der Waals surface area contributed by atoms with Gasteiger partial charge in [0.1, 0.15) is 0 Å². The molecule has 0 heterocycles. The van der Waals surface area contributed by atoms with Crippen LogP contribution in [0.25, 0.3) is 0 Å². The van der Waals surface area contributed by atoms with Crippen molar-refractivity contribution in [1.82, 2.24) is 0 Å². The third kappa shape index (κ3) is 16.2. The van der Waals surface area contributed by atoms with Crippen LogP contribution in [0, 0.1) is 0 Å². The summed E-state index contributed by atoms with van der Waals surface area (Å²) in [6, 6.07) is 0. The Hall–Kier alpha value is 2.20. The molecule has 0 aliphatic rings. The van der Waals surface area contributed by atoms with Crippen LogP contribution in [-0.2, 0) is 22.3 Å². The summed E-state index contributed by atoms with van der Waals surface area (Å²) in [7, 11) is -17.9. The van der Waals surface area contributed by atoms with Crippen molar-refractivity contribution in [3.8, 4) is 0 Å². The Morgan fingerprint density at radius 3 is 1.07 bits per heavy atom. The van der Waals surface area contributed by atoms with Crippen LogP contribution in [0.1, 0.15) is 0 Å². The first-order valence-corrected chi connectivity index (χ1v) is 6.57. The van der Waals surface area contributed by atoms with E-state index in [0.717, 1.165) is 0 Å². The molecule has 80 valence electrons. The molecule has 0 saturated heterocycles. The molecule has 0 amide bonds. The smallest absolute Gasteiger partial charge is 0.790 e. The van der Waals surface area contributed by atoms with Gasteiger partial charge in [0, 0.05) is 0 Å². The summed E-state index contributed by atoms with van der Waals surface area (Å²) in [6.45, 7) is 0. The molecule has 0 spiro atoms. The second-order valence-corrected chi connectivity index (χ2v) is 5.49. The molecule has 15 heavy (non-hydrogen) atoms. The van der Waals surface area contributed by atoms with E-state index in [9.17, 15) is 38.2 Å². The maximum absolute atomic E-state index is 10.1. The van der Waals surface area contributed by atoms with Gasteiger partial charge in [-0.15, -0.1) is 0 Å². The van der Waals surface area contributed by atoms with Crippen LogP contribution in [0.4, 0.5) is 0 Å². The SMILES string of the molecule is O=P([O-])([O-])OP(=O)([O-])OP(=O)([O-])[O-].[Al+3].[Ca+2]. The van der Waals surface area contributed by atoms with Gasteiger partial charge in [-0.05, 0) is 0 Å². The van der Waals surface area contributed by atoms with Crippen LogP contribution < -0.4 is 24.5 Å². The molecule has 0 radical (unpaired) electrons. The Kier molecular flexibility index (Phi) is 11.3. The van der Waals surface area contributed by atoms with E-state index in [1.54, 1.807) is 0 Å². The second-order valence-electron chi connectivity index (χ2n) is 1.50. The molecular formula is AlCaO10P3. The molecule has 0 aromatic rings. The molecule has 0 aromatic heterocycles. The van der Waals surface area contributed by atoms with Crippen molar-refractivity contribution in [3.63, 3.8) is 0 Å². The van der Waals surface area contributed by atoms with Gasteiger partial charge in [0.15, 0.2) is 0 Å². The van der Waals surface area contributed by atoms with Crippen LogP contribution in [0.5, 0.6) is 0 Å². The molecule has 10 nitrogen and oxygen atoms in total. The van der Waals surface area contributed by atoms with Crippen LogP contribution in [0.3, 0.4) is 0 Å². The Bertz CT molecular complexity index is 283. The van der Waals surface area contributed by atoms with Gasteiger partial charge in [0.25, 0.3) is 7.82 Å². The largest absolute Gasteiger partial charge is 3.00 e. The summed E-state index contributed by atoms with van der Waals surface area (Å²) < 4.78 is 34.7. The first kappa shape index (κ1) is 22.4. The van der Waals surface area contributed by atoms with E-state index in [1.165, 1.54) is 0 Å². The number of hydrogen-bond acceptors (Lipinski definition) is 10. The van der Waals surface area contributed by atoms with Crippen LogP contribution in [0.15, 0.2) is 0 Å². The van der Waals surface area contributed by atoms with Gasteiger partial charge < -0.3 is 33.6 Å². The summed E-state index contributed by atoms with van der Waals surface area (Å²) in [5.74, 6) is 0. The molecule has 0 unspecified atom stereocenters. The first-order valence-electron chi connectivity index (χ1n) is 2.19. The standard InChI is InChI=1S/Al.Ca.H5O10P3/c;;1-11(2,3)9-13(7,8)10-12(4,5)6/h;;(H,7,8)(H2,1,2,3)(H2,4,5,6)/q+3;+2;/p-5.